The zero-order chi connectivity index (χ0) is 43.6. The Morgan fingerprint density at radius 1 is 0.258 bits per heavy atom. The van der Waals surface area contributed by atoms with Gasteiger partial charge >= 0.3 is 0 Å². The van der Waals surface area contributed by atoms with Crippen LogP contribution in [0.5, 0.6) is 0 Å². The van der Waals surface area contributed by atoms with Crippen LogP contribution in [0.4, 0.5) is 17.1 Å². The molecule has 0 amide bonds. The first kappa shape index (κ1) is 37.8. The summed E-state index contributed by atoms with van der Waals surface area (Å²) in [4.78, 5) is 2.49. The van der Waals surface area contributed by atoms with Gasteiger partial charge in [-0.25, -0.2) is 0 Å². The van der Waals surface area contributed by atoms with E-state index in [4.69, 9.17) is 0 Å². The minimum absolute atomic E-state index is 1.08. The third-order valence-corrected chi connectivity index (χ3v) is 13.6. The topological polar surface area (TPSA) is 8.17 Å². The molecule has 0 saturated carbocycles. The minimum atomic E-state index is 1.08. The number of aromatic nitrogens is 1. The van der Waals surface area contributed by atoms with Crippen molar-refractivity contribution >= 4 is 71.2 Å². The van der Waals surface area contributed by atoms with Crippen molar-refractivity contribution in [1.29, 1.82) is 0 Å². The number of benzene rings is 12. The van der Waals surface area contributed by atoms with E-state index in [0.29, 0.717) is 0 Å². The van der Waals surface area contributed by atoms with Crippen molar-refractivity contribution in [2.24, 2.45) is 0 Å². The average molecular weight is 839 g/mol. The molecule has 0 radical (unpaired) electrons. The normalized spacial score (nSPS) is 11.6. The second-order valence-corrected chi connectivity index (χ2v) is 17.2. The average Bonchev–Trinajstić information content (AvgIpc) is 3.73. The summed E-state index contributed by atoms with van der Waals surface area (Å²) >= 11 is 0. The van der Waals surface area contributed by atoms with Gasteiger partial charge in [-0.2, -0.15) is 0 Å². The summed E-state index contributed by atoms with van der Waals surface area (Å²) in [5.74, 6) is 0. The second-order valence-electron chi connectivity index (χ2n) is 17.2. The zero-order valence-electron chi connectivity index (χ0n) is 36.1. The largest absolute Gasteiger partial charge is 0.309 e. The van der Waals surface area contributed by atoms with E-state index in [-0.39, 0.29) is 0 Å². The summed E-state index contributed by atoms with van der Waals surface area (Å²) in [6, 6.07) is 93.3. The first-order chi connectivity index (χ1) is 32.8. The van der Waals surface area contributed by atoms with Crippen molar-refractivity contribution in [3.8, 4) is 50.2 Å². The lowest BCUT2D eigenvalue weighted by Crippen LogP contribution is -2.12. The molecule has 0 N–H and O–H groups in total. The van der Waals surface area contributed by atoms with E-state index in [9.17, 15) is 0 Å². The van der Waals surface area contributed by atoms with Crippen LogP contribution in [0.1, 0.15) is 0 Å². The molecule has 0 unspecified atom stereocenters. The van der Waals surface area contributed by atoms with Crippen molar-refractivity contribution < 1.29 is 0 Å². The highest BCUT2D eigenvalue weighted by atomic mass is 15.1. The number of nitrogens with zero attached hydrogens (tertiary/aromatic N) is 2. The standard InChI is InChI=1S/C64H42N2/c1-3-17-43(18-4-1)49-21-7-8-22-50(49)45-31-37-48(38-32-45)65(58-28-14-11-25-53(58)52-24-10-9-23-51(52)44-19-5-2-6-20-44)61-41-35-46-34-40-57-62(42-36-47-33-39-56(61)63(46)64(47)57)66-59-29-15-12-26-54(59)55-27-13-16-30-60(55)66/h1-42H. The van der Waals surface area contributed by atoms with Gasteiger partial charge in [-0.05, 0) is 103 Å². The molecule has 2 heteroatoms. The Bertz CT molecular complexity index is 3870. The van der Waals surface area contributed by atoms with E-state index in [2.05, 4.69) is 264 Å². The second kappa shape index (κ2) is 15.5. The molecule has 0 saturated heterocycles. The molecule has 0 aliphatic heterocycles. The molecule has 308 valence electrons. The van der Waals surface area contributed by atoms with E-state index in [1.165, 1.54) is 98.8 Å². The number of para-hydroxylation sites is 3. The quantitative estimate of drug-likeness (QED) is 0.138. The predicted octanol–water partition coefficient (Wildman–Crippen LogP) is 17.8. The summed E-state index contributed by atoms with van der Waals surface area (Å²) in [7, 11) is 0. The van der Waals surface area contributed by atoms with Crippen LogP contribution in [0.2, 0.25) is 0 Å². The summed E-state index contributed by atoms with van der Waals surface area (Å²) in [5, 5.41) is 9.97. The molecule has 66 heavy (non-hydrogen) atoms. The maximum atomic E-state index is 2.49. The molecular formula is C64H42N2. The fraction of sp³-hybridized carbons (Fsp3) is 0. The molecule has 0 spiro atoms. The van der Waals surface area contributed by atoms with Crippen LogP contribution >= 0.6 is 0 Å². The Morgan fingerprint density at radius 2 is 0.697 bits per heavy atom. The van der Waals surface area contributed by atoms with E-state index >= 15 is 0 Å². The molecule has 0 aliphatic carbocycles. The Labute approximate surface area is 383 Å². The predicted molar refractivity (Wildman–Crippen MR) is 281 cm³/mol. The molecule has 0 fully saturated rings. The van der Waals surface area contributed by atoms with Gasteiger partial charge in [0.25, 0.3) is 0 Å². The molecule has 1 aromatic heterocycles. The van der Waals surface area contributed by atoms with E-state index < -0.39 is 0 Å². The minimum Gasteiger partial charge on any atom is -0.309 e. The van der Waals surface area contributed by atoms with Crippen LogP contribution in [0, 0.1) is 0 Å². The molecule has 1 heterocycles. The van der Waals surface area contributed by atoms with Crippen molar-refractivity contribution in [2.75, 3.05) is 4.90 Å². The number of hydrogen-bond donors (Lipinski definition) is 0. The lowest BCUT2D eigenvalue weighted by molar-refractivity contribution is 1.20. The van der Waals surface area contributed by atoms with Crippen molar-refractivity contribution in [3.05, 3.63) is 255 Å². The summed E-state index contributed by atoms with van der Waals surface area (Å²) < 4.78 is 2.46. The number of fused-ring (bicyclic) bond motifs is 3. The molecular weight excluding hydrogens is 797 g/mol. The molecule has 12 aromatic carbocycles. The molecule has 13 rings (SSSR count). The number of anilines is 3. The smallest absolute Gasteiger partial charge is 0.0541 e. The number of rotatable bonds is 8. The van der Waals surface area contributed by atoms with Gasteiger partial charge in [0.2, 0.25) is 0 Å². The van der Waals surface area contributed by atoms with Gasteiger partial charge in [-0.15, -0.1) is 0 Å². The molecule has 0 bridgehead atoms. The monoisotopic (exact) mass is 838 g/mol. The van der Waals surface area contributed by atoms with Gasteiger partial charge in [-0.1, -0.05) is 212 Å². The Balaban J connectivity index is 1.05. The lowest BCUT2D eigenvalue weighted by Gasteiger charge is -2.30. The van der Waals surface area contributed by atoms with Crippen LogP contribution in [0.3, 0.4) is 0 Å². The Morgan fingerprint density at radius 3 is 1.32 bits per heavy atom. The first-order valence-corrected chi connectivity index (χ1v) is 22.8. The molecule has 0 atom stereocenters. The molecule has 0 aliphatic rings. The summed E-state index contributed by atoms with van der Waals surface area (Å²) in [6.07, 6.45) is 0. The Kier molecular flexibility index (Phi) is 8.89. The first-order valence-electron chi connectivity index (χ1n) is 22.8. The summed E-state index contributed by atoms with van der Waals surface area (Å²) in [6.45, 7) is 0. The highest BCUT2D eigenvalue weighted by Crippen LogP contribution is 2.49. The third-order valence-electron chi connectivity index (χ3n) is 13.6. The lowest BCUT2D eigenvalue weighted by atomic mass is 9.91. The maximum Gasteiger partial charge on any atom is 0.0541 e. The van der Waals surface area contributed by atoms with Crippen LogP contribution in [-0.2, 0) is 0 Å². The van der Waals surface area contributed by atoms with Crippen LogP contribution in [0.15, 0.2) is 255 Å². The zero-order valence-corrected chi connectivity index (χ0v) is 36.1. The highest BCUT2D eigenvalue weighted by molar-refractivity contribution is 6.27. The fourth-order valence-corrected chi connectivity index (χ4v) is 10.6. The third kappa shape index (κ3) is 6.04. The van der Waals surface area contributed by atoms with E-state index in [1.54, 1.807) is 0 Å². The van der Waals surface area contributed by atoms with Gasteiger partial charge in [-0.3, -0.25) is 0 Å². The van der Waals surface area contributed by atoms with Crippen molar-refractivity contribution in [1.82, 2.24) is 4.57 Å². The summed E-state index contributed by atoms with van der Waals surface area (Å²) in [5.41, 5.74) is 16.5. The van der Waals surface area contributed by atoms with Crippen molar-refractivity contribution in [3.63, 3.8) is 0 Å². The molecule has 13 aromatic rings. The van der Waals surface area contributed by atoms with Gasteiger partial charge in [0.15, 0.2) is 0 Å². The SMILES string of the molecule is c1ccc(-c2ccccc2-c2ccc(N(c3ccccc3-c3ccccc3-c3ccccc3)c3ccc4ccc5c(-n6c7ccccc7c7ccccc76)ccc6ccc3c4c65)cc2)cc1. The van der Waals surface area contributed by atoms with E-state index in [1.807, 2.05) is 0 Å². The maximum absolute atomic E-state index is 2.49. The van der Waals surface area contributed by atoms with Gasteiger partial charge in [0, 0.05) is 32.8 Å². The van der Waals surface area contributed by atoms with E-state index in [0.717, 1.165) is 22.6 Å². The number of hydrogen-bond acceptors (Lipinski definition) is 1. The van der Waals surface area contributed by atoms with Gasteiger partial charge in [0.05, 0.1) is 28.1 Å². The van der Waals surface area contributed by atoms with Crippen LogP contribution in [0.25, 0.3) is 104 Å². The van der Waals surface area contributed by atoms with Gasteiger partial charge < -0.3 is 9.47 Å². The van der Waals surface area contributed by atoms with Crippen molar-refractivity contribution in [2.45, 2.75) is 0 Å². The highest BCUT2D eigenvalue weighted by Gasteiger charge is 2.24. The van der Waals surface area contributed by atoms with Crippen LogP contribution < -0.4 is 4.90 Å². The van der Waals surface area contributed by atoms with Gasteiger partial charge in [0.1, 0.15) is 0 Å². The molecule has 2 nitrogen and oxygen atoms in total. The van der Waals surface area contributed by atoms with Crippen LogP contribution in [-0.4, -0.2) is 4.57 Å². The Hall–Kier alpha value is -8.72. The fourth-order valence-electron chi connectivity index (χ4n) is 10.6.